The largest absolute Gasteiger partial charge is 0.493 e. The fourth-order valence-corrected chi connectivity index (χ4v) is 3.52. The predicted molar refractivity (Wildman–Crippen MR) is 140 cm³/mol. The molecule has 4 rings (SSSR count). The summed E-state index contributed by atoms with van der Waals surface area (Å²) >= 11 is 0. The first-order valence-corrected chi connectivity index (χ1v) is 11.3. The standard InChI is InChI=1S/C22H21FN8O5.C2H4O2/c1-35-14-7-11(8-15-28-22(34)31(30-15)20-13(21(32)33)9-26-29-20)16(23)17(18(14)36-2)27-12-5-3-10(4-6-12)19(24)25;1-2(3)4/h3-7,9,27H,8H2,1-2H3,(H3,24,25)(H,26,29)(H,32,33)(H,28,30,34);1H3,(H,3,4). The van der Waals surface area contributed by atoms with Crippen molar-refractivity contribution >= 4 is 29.1 Å². The molecular formula is C24H25FN8O7. The molecule has 4 aromatic rings. The maximum atomic E-state index is 15.7. The number of halogens is 1. The summed E-state index contributed by atoms with van der Waals surface area (Å²) in [4.78, 5) is 35.3. The van der Waals surface area contributed by atoms with Gasteiger partial charge in [0.2, 0.25) is 0 Å². The van der Waals surface area contributed by atoms with Crippen molar-refractivity contribution < 1.29 is 33.7 Å². The maximum Gasteiger partial charge on any atom is 0.349 e. The number of nitrogens with one attached hydrogen (secondary N) is 4. The van der Waals surface area contributed by atoms with Gasteiger partial charge in [-0.25, -0.2) is 14.0 Å². The van der Waals surface area contributed by atoms with Crippen molar-refractivity contribution in [1.82, 2.24) is 25.0 Å². The Morgan fingerprint density at radius 1 is 1.20 bits per heavy atom. The average Bonchev–Trinajstić information content (AvgIpc) is 3.52. The fourth-order valence-electron chi connectivity index (χ4n) is 3.52. The molecular weight excluding hydrogens is 531 g/mol. The quantitative estimate of drug-likeness (QED) is 0.116. The van der Waals surface area contributed by atoms with E-state index in [1.54, 1.807) is 24.3 Å². The van der Waals surface area contributed by atoms with E-state index in [0.29, 0.717) is 11.3 Å². The molecule has 0 aliphatic rings. The van der Waals surface area contributed by atoms with Crippen LogP contribution in [0.4, 0.5) is 15.8 Å². The molecule has 0 amide bonds. The van der Waals surface area contributed by atoms with Gasteiger partial charge in [-0.05, 0) is 30.3 Å². The number of methoxy groups -OCH3 is 2. The van der Waals surface area contributed by atoms with Crippen LogP contribution in [-0.4, -0.2) is 67.2 Å². The number of carboxylic acid groups (broad SMARTS) is 2. The van der Waals surface area contributed by atoms with Crippen molar-refractivity contribution in [3.63, 3.8) is 0 Å². The van der Waals surface area contributed by atoms with E-state index >= 15 is 4.39 Å². The zero-order chi connectivity index (χ0) is 29.6. The number of H-pyrrole nitrogens is 2. The molecule has 0 spiro atoms. The highest BCUT2D eigenvalue weighted by Crippen LogP contribution is 2.41. The van der Waals surface area contributed by atoms with Crippen LogP contribution in [0.5, 0.6) is 11.5 Å². The Hall–Kier alpha value is -5.67. The molecule has 16 heteroatoms. The number of aromatic carboxylic acids is 1. The summed E-state index contributed by atoms with van der Waals surface area (Å²) in [5, 5.41) is 37.3. The van der Waals surface area contributed by atoms with Crippen molar-refractivity contribution in [2.75, 3.05) is 19.5 Å². The molecule has 2 heterocycles. The minimum absolute atomic E-state index is 0.0223. The van der Waals surface area contributed by atoms with Gasteiger partial charge >= 0.3 is 11.7 Å². The monoisotopic (exact) mass is 556 g/mol. The van der Waals surface area contributed by atoms with E-state index in [2.05, 4.69) is 25.6 Å². The number of carbonyl (C=O) groups is 2. The molecule has 15 nitrogen and oxygen atoms in total. The van der Waals surface area contributed by atoms with Gasteiger partial charge in [0.15, 0.2) is 23.1 Å². The highest BCUT2D eigenvalue weighted by atomic mass is 19.1. The van der Waals surface area contributed by atoms with Gasteiger partial charge in [0.05, 0.1) is 20.4 Å². The van der Waals surface area contributed by atoms with Crippen LogP contribution in [0.3, 0.4) is 0 Å². The third kappa shape index (κ3) is 6.42. The van der Waals surface area contributed by atoms with Crippen LogP contribution in [0.2, 0.25) is 0 Å². The molecule has 8 N–H and O–H groups in total. The number of nitrogen functional groups attached to an aromatic ring is 1. The van der Waals surface area contributed by atoms with E-state index in [9.17, 15) is 14.7 Å². The molecule has 40 heavy (non-hydrogen) atoms. The van der Waals surface area contributed by atoms with Gasteiger partial charge in [-0.1, -0.05) is 0 Å². The van der Waals surface area contributed by atoms with Gasteiger partial charge in [0, 0.05) is 30.2 Å². The van der Waals surface area contributed by atoms with Gasteiger partial charge in [0.1, 0.15) is 22.9 Å². The zero-order valence-corrected chi connectivity index (χ0v) is 21.4. The Morgan fingerprint density at radius 2 is 1.85 bits per heavy atom. The molecule has 0 radical (unpaired) electrons. The third-order valence-corrected chi connectivity index (χ3v) is 5.23. The summed E-state index contributed by atoms with van der Waals surface area (Å²) in [7, 11) is 2.76. The first-order chi connectivity index (χ1) is 19.0. The number of hydrogen-bond acceptors (Lipinski definition) is 9. The van der Waals surface area contributed by atoms with Crippen LogP contribution in [0.1, 0.15) is 34.2 Å². The van der Waals surface area contributed by atoms with E-state index in [0.717, 1.165) is 17.8 Å². The second-order valence-electron chi connectivity index (χ2n) is 8.00. The summed E-state index contributed by atoms with van der Waals surface area (Å²) in [6.07, 6.45) is 0.885. The lowest BCUT2D eigenvalue weighted by molar-refractivity contribution is -0.134. The van der Waals surface area contributed by atoms with Gasteiger partial charge in [0.25, 0.3) is 5.97 Å². The number of benzene rings is 2. The highest BCUT2D eigenvalue weighted by Gasteiger charge is 2.23. The Balaban J connectivity index is 0.00000103. The maximum absolute atomic E-state index is 15.7. The summed E-state index contributed by atoms with van der Waals surface area (Å²) in [6, 6.07) is 7.87. The van der Waals surface area contributed by atoms with Gasteiger partial charge in [-0.2, -0.15) is 9.78 Å². The van der Waals surface area contributed by atoms with E-state index in [1.165, 1.54) is 20.3 Å². The molecule has 0 saturated carbocycles. The number of ether oxygens (including phenoxy) is 2. The molecule has 0 aliphatic heterocycles. The number of carboxylic acids is 2. The van der Waals surface area contributed by atoms with E-state index < -0.39 is 23.4 Å². The number of aromatic amines is 2. The fraction of sp³-hybridized carbons (Fsp3) is 0.167. The Morgan fingerprint density at radius 3 is 2.40 bits per heavy atom. The molecule has 0 aliphatic carbocycles. The molecule has 2 aromatic carbocycles. The summed E-state index contributed by atoms with van der Waals surface area (Å²) in [5.74, 6) is -2.67. The molecule has 0 saturated heterocycles. The lowest BCUT2D eigenvalue weighted by Gasteiger charge is -2.18. The molecule has 210 valence electrons. The Kier molecular flexibility index (Phi) is 8.85. The first-order valence-electron chi connectivity index (χ1n) is 11.3. The number of amidine groups is 1. The van der Waals surface area contributed by atoms with Gasteiger partial charge in [-0.3, -0.25) is 20.3 Å². The number of nitrogens with two attached hydrogens (primary N) is 1. The lowest BCUT2D eigenvalue weighted by atomic mass is 10.1. The van der Waals surface area contributed by atoms with E-state index in [-0.39, 0.29) is 52.2 Å². The Bertz CT molecular complexity index is 1600. The van der Waals surface area contributed by atoms with Crippen LogP contribution in [0, 0.1) is 11.2 Å². The summed E-state index contributed by atoms with van der Waals surface area (Å²) < 4.78 is 27.2. The van der Waals surface area contributed by atoms with Crippen molar-refractivity contribution in [1.29, 1.82) is 5.41 Å². The predicted octanol–water partition coefficient (Wildman–Crippen LogP) is 1.85. The van der Waals surface area contributed by atoms with Crippen LogP contribution in [-0.2, 0) is 11.2 Å². The number of nitrogens with zero attached hydrogens (tertiary/aromatic N) is 3. The van der Waals surface area contributed by atoms with E-state index in [1.807, 2.05) is 0 Å². The minimum Gasteiger partial charge on any atom is -0.493 e. The number of rotatable bonds is 9. The van der Waals surface area contributed by atoms with Crippen molar-refractivity contribution in [3.8, 4) is 17.3 Å². The van der Waals surface area contributed by atoms with Gasteiger partial charge in [-0.15, -0.1) is 5.10 Å². The number of aromatic nitrogens is 5. The average molecular weight is 557 g/mol. The number of aliphatic carboxylic acids is 1. The molecule has 0 atom stereocenters. The van der Waals surface area contributed by atoms with Crippen molar-refractivity contribution in [2.45, 2.75) is 13.3 Å². The van der Waals surface area contributed by atoms with Crippen molar-refractivity contribution in [3.05, 3.63) is 75.3 Å². The number of hydrogen-bond donors (Lipinski definition) is 7. The normalized spacial score (nSPS) is 10.3. The number of anilines is 2. The second kappa shape index (κ2) is 12.2. The van der Waals surface area contributed by atoms with Crippen LogP contribution >= 0.6 is 0 Å². The topological polar surface area (TPSA) is 234 Å². The SMILES string of the molecule is CC(=O)O.COc1cc(Cc2nn(-c3[nH]ncc3C(=O)O)c(=O)[nH]2)c(F)c(Nc2ccc(C(=N)N)cc2)c1OC. The zero-order valence-electron chi connectivity index (χ0n) is 21.4. The van der Waals surface area contributed by atoms with Crippen LogP contribution < -0.4 is 26.2 Å². The summed E-state index contributed by atoms with van der Waals surface area (Å²) in [6.45, 7) is 1.08. The molecule has 0 bridgehead atoms. The van der Waals surface area contributed by atoms with Crippen LogP contribution in [0.25, 0.3) is 5.82 Å². The summed E-state index contributed by atoms with van der Waals surface area (Å²) in [5.41, 5.74) is 5.58. The smallest absolute Gasteiger partial charge is 0.349 e. The minimum atomic E-state index is -1.30. The highest BCUT2D eigenvalue weighted by molar-refractivity contribution is 5.95. The van der Waals surface area contributed by atoms with Crippen LogP contribution in [0.15, 0.2) is 41.3 Å². The Labute approximate surface area is 224 Å². The second-order valence-corrected chi connectivity index (χ2v) is 8.00. The molecule has 0 fully saturated rings. The van der Waals surface area contributed by atoms with E-state index in [4.69, 9.17) is 30.5 Å². The molecule has 0 unspecified atom stereocenters. The van der Waals surface area contributed by atoms with Crippen molar-refractivity contribution in [2.24, 2.45) is 5.73 Å². The molecule has 2 aromatic heterocycles. The third-order valence-electron chi connectivity index (χ3n) is 5.23. The first kappa shape index (κ1) is 28.9. The lowest BCUT2D eigenvalue weighted by Crippen LogP contribution is -2.18. The van der Waals surface area contributed by atoms with Gasteiger partial charge < -0.3 is 30.7 Å².